The number of rotatable bonds is 7. The molecule has 156 valence electrons. The van der Waals surface area contributed by atoms with Crippen molar-refractivity contribution in [1.29, 1.82) is 0 Å². The number of fused-ring (bicyclic) bond motifs is 1. The van der Waals surface area contributed by atoms with Gasteiger partial charge < -0.3 is 16.0 Å². The molecule has 1 heterocycles. The van der Waals surface area contributed by atoms with Crippen LogP contribution < -0.4 is 16.0 Å². The van der Waals surface area contributed by atoms with Crippen molar-refractivity contribution >= 4 is 34.3 Å². The number of hydrogen-bond donors (Lipinski definition) is 3. The third-order valence-corrected chi connectivity index (χ3v) is 5.29. The minimum Gasteiger partial charge on any atom is -0.354 e. The number of hydrogen-bond acceptors (Lipinski definition) is 4. The van der Waals surface area contributed by atoms with Crippen LogP contribution in [-0.2, 0) is 11.3 Å². The molecular formula is C26H25N3O2. The molecular weight excluding hydrogens is 386 g/mol. The van der Waals surface area contributed by atoms with Gasteiger partial charge in [-0.05, 0) is 54.9 Å². The molecule has 4 rings (SSSR count). The highest BCUT2D eigenvalue weighted by atomic mass is 16.2. The highest BCUT2D eigenvalue weighted by Crippen LogP contribution is 2.38. The Hall–Kier alpha value is -3.70. The summed E-state index contributed by atoms with van der Waals surface area (Å²) in [5.74, 6) is -0.224. The molecule has 1 amide bonds. The fraction of sp³-hybridized carbons (Fsp3) is 0.154. The molecule has 1 aliphatic rings. The molecule has 3 aromatic rings. The molecule has 0 fully saturated rings. The van der Waals surface area contributed by atoms with Gasteiger partial charge in [0, 0.05) is 29.0 Å². The van der Waals surface area contributed by atoms with E-state index in [2.05, 4.69) is 35.0 Å². The zero-order chi connectivity index (χ0) is 21.8. The van der Waals surface area contributed by atoms with E-state index in [1.807, 2.05) is 42.5 Å². The summed E-state index contributed by atoms with van der Waals surface area (Å²) in [6.45, 7) is 5.34. The second kappa shape index (κ2) is 8.98. The molecule has 1 aliphatic heterocycles. The lowest BCUT2D eigenvalue weighted by atomic mass is 9.97. The van der Waals surface area contributed by atoms with Crippen LogP contribution in [0.3, 0.4) is 0 Å². The maximum Gasteiger partial charge on any atom is 0.258 e. The monoisotopic (exact) mass is 411 g/mol. The van der Waals surface area contributed by atoms with Gasteiger partial charge in [-0.15, -0.1) is 0 Å². The molecule has 3 N–H and O–H groups in total. The molecule has 0 unspecified atom stereocenters. The molecule has 31 heavy (non-hydrogen) atoms. The summed E-state index contributed by atoms with van der Waals surface area (Å²) in [5, 5.41) is 9.70. The van der Waals surface area contributed by atoms with Gasteiger partial charge in [0.1, 0.15) is 0 Å². The topological polar surface area (TPSA) is 70.2 Å². The first kappa shape index (κ1) is 20.6. The summed E-state index contributed by atoms with van der Waals surface area (Å²) in [6, 6.07) is 23.2. The maximum atomic E-state index is 13.0. The second-order valence-electron chi connectivity index (χ2n) is 7.49. The van der Waals surface area contributed by atoms with Crippen molar-refractivity contribution in [1.82, 2.24) is 5.32 Å². The molecule has 5 nitrogen and oxygen atoms in total. The van der Waals surface area contributed by atoms with Gasteiger partial charge in [-0.25, -0.2) is 0 Å². The van der Waals surface area contributed by atoms with Gasteiger partial charge in [0.25, 0.3) is 5.91 Å². The molecule has 0 saturated carbocycles. The Labute approximate surface area is 182 Å². The van der Waals surface area contributed by atoms with Gasteiger partial charge in [0.05, 0.1) is 11.3 Å². The average molecular weight is 412 g/mol. The maximum absolute atomic E-state index is 13.0. The van der Waals surface area contributed by atoms with Crippen molar-refractivity contribution in [2.45, 2.75) is 20.4 Å². The average Bonchev–Trinajstić information content (AvgIpc) is 3.12. The first-order valence-corrected chi connectivity index (χ1v) is 10.4. The summed E-state index contributed by atoms with van der Waals surface area (Å²) in [5.41, 5.74) is 6.22. The van der Waals surface area contributed by atoms with Gasteiger partial charge in [-0.3, -0.25) is 9.59 Å². The number of amides is 1. The Morgan fingerprint density at radius 2 is 1.68 bits per heavy atom. The Morgan fingerprint density at radius 1 is 0.935 bits per heavy atom. The summed E-state index contributed by atoms with van der Waals surface area (Å²) in [4.78, 5) is 24.9. The van der Waals surface area contributed by atoms with Crippen molar-refractivity contribution in [2.24, 2.45) is 0 Å². The van der Waals surface area contributed by atoms with Crippen molar-refractivity contribution < 1.29 is 9.59 Å². The van der Waals surface area contributed by atoms with E-state index in [1.54, 1.807) is 18.2 Å². The zero-order valence-corrected chi connectivity index (χ0v) is 17.7. The highest BCUT2D eigenvalue weighted by molar-refractivity contribution is 6.37. The van der Waals surface area contributed by atoms with Crippen LogP contribution in [0.5, 0.6) is 0 Å². The lowest BCUT2D eigenvalue weighted by Gasteiger charge is -2.15. The standard InChI is InChI=1S/C26H25N3O2/c1-3-27-16-18-9-12-21(13-10-18)28-25(19-7-5-4-6-8-19)24-22-15-20(17(2)30)11-14-23(22)29-26(24)31/h4-15,27-28H,3,16H2,1-2H3,(H,29,31). The Bertz CT molecular complexity index is 1150. The third kappa shape index (κ3) is 4.42. The number of nitrogens with one attached hydrogen (secondary N) is 3. The van der Waals surface area contributed by atoms with Crippen LogP contribution >= 0.6 is 0 Å². The minimum atomic E-state index is -0.189. The van der Waals surface area contributed by atoms with Gasteiger partial charge >= 0.3 is 0 Å². The van der Waals surface area contributed by atoms with Crippen LogP contribution in [0.15, 0.2) is 72.8 Å². The molecule has 0 radical (unpaired) electrons. The van der Waals surface area contributed by atoms with Crippen LogP contribution in [0.1, 0.15) is 40.9 Å². The van der Waals surface area contributed by atoms with Crippen LogP contribution in [0.4, 0.5) is 11.4 Å². The van der Waals surface area contributed by atoms with Crippen molar-refractivity contribution in [3.63, 3.8) is 0 Å². The smallest absolute Gasteiger partial charge is 0.258 e. The Balaban J connectivity index is 1.80. The lowest BCUT2D eigenvalue weighted by molar-refractivity contribution is -0.110. The van der Waals surface area contributed by atoms with E-state index in [0.717, 1.165) is 29.9 Å². The first-order valence-electron chi connectivity index (χ1n) is 10.4. The summed E-state index contributed by atoms with van der Waals surface area (Å²) in [6.07, 6.45) is 0. The van der Waals surface area contributed by atoms with E-state index in [9.17, 15) is 9.59 Å². The van der Waals surface area contributed by atoms with E-state index in [1.165, 1.54) is 12.5 Å². The summed E-state index contributed by atoms with van der Waals surface area (Å²) in [7, 11) is 0. The number of Topliss-reactive ketones (excluding diaryl/α,β-unsaturated/α-hetero) is 1. The molecule has 0 aromatic heterocycles. The van der Waals surface area contributed by atoms with Gasteiger partial charge in [-0.1, -0.05) is 49.4 Å². The van der Waals surface area contributed by atoms with Crippen LogP contribution in [0.2, 0.25) is 0 Å². The molecule has 3 aromatic carbocycles. The van der Waals surface area contributed by atoms with Crippen molar-refractivity contribution in [3.8, 4) is 0 Å². The molecule has 0 aliphatic carbocycles. The predicted octanol–water partition coefficient (Wildman–Crippen LogP) is 4.93. The number of ketones is 1. The van der Waals surface area contributed by atoms with Gasteiger partial charge in [0.2, 0.25) is 0 Å². The van der Waals surface area contributed by atoms with Crippen LogP contribution in [0, 0.1) is 0 Å². The molecule has 0 atom stereocenters. The van der Waals surface area contributed by atoms with Gasteiger partial charge in [-0.2, -0.15) is 0 Å². The van der Waals surface area contributed by atoms with E-state index < -0.39 is 0 Å². The number of anilines is 2. The molecule has 0 bridgehead atoms. The second-order valence-corrected chi connectivity index (χ2v) is 7.49. The summed E-state index contributed by atoms with van der Waals surface area (Å²) < 4.78 is 0. The third-order valence-electron chi connectivity index (χ3n) is 5.29. The van der Waals surface area contributed by atoms with E-state index in [-0.39, 0.29) is 11.7 Å². The number of carbonyl (C=O) groups is 2. The fourth-order valence-electron chi connectivity index (χ4n) is 3.64. The first-order chi connectivity index (χ1) is 15.1. The number of benzene rings is 3. The van der Waals surface area contributed by atoms with Crippen molar-refractivity contribution in [3.05, 3.63) is 95.1 Å². The predicted molar refractivity (Wildman–Crippen MR) is 126 cm³/mol. The zero-order valence-electron chi connectivity index (χ0n) is 17.7. The van der Waals surface area contributed by atoms with E-state index in [4.69, 9.17) is 0 Å². The summed E-state index contributed by atoms with van der Waals surface area (Å²) >= 11 is 0. The van der Waals surface area contributed by atoms with E-state index in [0.29, 0.717) is 22.5 Å². The van der Waals surface area contributed by atoms with Crippen molar-refractivity contribution in [2.75, 3.05) is 17.2 Å². The van der Waals surface area contributed by atoms with E-state index >= 15 is 0 Å². The van der Waals surface area contributed by atoms with Crippen LogP contribution in [0.25, 0.3) is 11.3 Å². The molecule has 0 saturated heterocycles. The minimum absolute atomic E-state index is 0.0352. The normalized spacial score (nSPS) is 14.1. The molecule has 0 spiro atoms. The highest BCUT2D eigenvalue weighted by Gasteiger charge is 2.29. The Morgan fingerprint density at radius 3 is 2.35 bits per heavy atom. The number of carbonyl (C=O) groups excluding carboxylic acids is 2. The van der Waals surface area contributed by atoms with Crippen LogP contribution in [-0.4, -0.2) is 18.2 Å². The Kier molecular flexibility index (Phi) is 5.96. The molecule has 5 heteroatoms. The fourth-order valence-corrected chi connectivity index (χ4v) is 3.64. The largest absolute Gasteiger partial charge is 0.354 e. The quantitative estimate of drug-likeness (QED) is 0.381. The SMILES string of the molecule is CCNCc1ccc(NC(=C2C(=O)Nc3ccc(C(C)=O)cc32)c2ccccc2)cc1. The van der Waals surface area contributed by atoms with Gasteiger partial charge in [0.15, 0.2) is 5.78 Å². The lowest BCUT2D eigenvalue weighted by Crippen LogP contribution is -2.12.